The Labute approximate surface area is 128 Å². The third kappa shape index (κ3) is 2.58. The van der Waals surface area contributed by atoms with Gasteiger partial charge in [-0.15, -0.1) is 0 Å². The Morgan fingerprint density at radius 3 is 2.85 bits per heavy atom. The summed E-state index contributed by atoms with van der Waals surface area (Å²) in [5, 5.41) is 3.17. The molecule has 0 aromatic heterocycles. The van der Waals surface area contributed by atoms with Gasteiger partial charge >= 0.3 is 0 Å². The molecule has 1 aromatic carbocycles. The molecule has 0 spiro atoms. The maximum absolute atomic E-state index is 12.4. The number of carbonyl (C=O) groups excluding carboxylic acids is 1. The highest BCUT2D eigenvalue weighted by Gasteiger charge is 2.42. The Hall–Kier alpha value is -1.03. The van der Waals surface area contributed by atoms with Crippen LogP contribution in [0.2, 0.25) is 0 Å². The van der Waals surface area contributed by atoms with Crippen LogP contribution in [0.1, 0.15) is 43.0 Å². The van der Waals surface area contributed by atoms with E-state index in [0.717, 1.165) is 16.3 Å². The lowest BCUT2D eigenvalue weighted by Gasteiger charge is -2.28. The van der Waals surface area contributed by atoms with Crippen LogP contribution in [-0.2, 0) is 0 Å². The standard InChI is InChI=1S/C16H21BrN2O/c1-9(13-7-10-2-3-11(13)6-10)19-16(20)14-8-12(18)4-5-15(14)17/h4-5,8-11,13H,2-3,6-7,18H2,1H3,(H,19,20). The highest BCUT2D eigenvalue weighted by molar-refractivity contribution is 9.10. The van der Waals surface area contributed by atoms with Crippen molar-refractivity contribution in [3.63, 3.8) is 0 Å². The van der Waals surface area contributed by atoms with Crippen LogP contribution < -0.4 is 11.1 Å². The highest BCUT2D eigenvalue weighted by Crippen LogP contribution is 2.49. The summed E-state index contributed by atoms with van der Waals surface area (Å²) in [5.41, 5.74) is 7.01. The van der Waals surface area contributed by atoms with Crippen LogP contribution in [0, 0.1) is 17.8 Å². The first kappa shape index (κ1) is 13.9. The molecule has 0 saturated heterocycles. The second-order valence-corrected chi connectivity index (χ2v) is 7.19. The van der Waals surface area contributed by atoms with Crippen LogP contribution in [0.15, 0.2) is 22.7 Å². The average molecular weight is 337 g/mol. The van der Waals surface area contributed by atoms with Crippen molar-refractivity contribution in [1.29, 1.82) is 0 Å². The molecule has 4 unspecified atom stereocenters. The Morgan fingerprint density at radius 2 is 2.20 bits per heavy atom. The Balaban J connectivity index is 1.68. The average Bonchev–Trinajstić information content (AvgIpc) is 3.03. The maximum Gasteiger partial charge on any atom is 0.252 e. The molecule has 0 heterocycles. The fourth-order valence-electron chi connectivity index (χ4n) is 4.01. The summed E-state index contributed by atoms with van der Waals surface area (Å²) in [7, 11) is 0. The monoisotopic (exact) mass is 336 g/mol. The first-order chi connectivity index (χ1) is 9.54. The van der Waals surface area contributed by atoms with Crippen LogP contribution in [0.3, 0.4) is 0 Å². The zero-order valence-corrected chi connectivity index (χ0v) is 13.3. The van der Waals surface area contributed by atoms with Crippen LogP contribution in [0.5, 0.6) is 0 Å². The number of carbonyl (C=O) groups is 1. The van der Waals surface area contributed by atoms with Gasteiger partial charge in [-0.2, -0.15) is 0 Å². The minimum atomic E-state index is -0.0283. The number of hydrogen-bond donors (Lipinski definition) is 2. The van der Waals surface area contributed by atoms with E-state index in [-0.39, 0.29) is 11.9 Å². The smallest absolute Gasteiger partial charge is 0.252 e. The second-order valence-electron chi connectivity index (χ2n) is 6.34. The largest absolute Gasteiger partial charge is 0.399 e. The Kier molecular flexibility index (Phi) is 3.76. The van der Waals surface area contributed by atoms with E-state index in [1.54, 1.807) is 12.1 Å². The summed E-state index contributed by atoms with van der Waals surface area (Å²) < 4.78 is 0.796. The number of nitrogens with one attached hydrogen (secondary N) is 1. The number of fused-ring (bicyclic) bond motifs is 2. The van der Waals surface area contributed by atoms with Crippen molar-refractivity contribution in [3.05, 3.63) is 28.2 Å². The zero-order chi connectivity index (χ0) is 14.3. The molecule has 2 aliphatic rings. The van der Waals surface area contributed by atoms with Gasteiger partial charge < -0.3 is 11.1 Å². The molecule has 4 atom stereocenters. The normalized spacial score (nSPS) is 29.4. The van der Waals surface area contributed by atoms with E-state index < -0.39 is 0 Å². The summed E-state index contributed by atoms with van der Waals surface area (Å²) >= 11 is 3.42. The summed E-state index contributed by atoms with van der Waals surface area (Å²) in [6.45, 7) is 2.14. The molecule has 0 radical (unpaired) electrons. The summed E-state index contributed by atoms with van der Waals surface area (Å²) in [6, 6.07) is 5.59. The van der Waals surface area contributed by atoms with Gasteiger partial charge in [0.15, 0.2) is 0 Å². The lowest BCUT2D eigenvalue weighted by Crippen LogP contribution is -2.40. The second kappa shape index (κ2) is 5.40. The van der Waals surface area contributed by atoms with E-state index in [0.29, 0.717) is 17.2 Å². The third-order valence-electron chi connectivity index (χ3n) is 5.03. The van der Waals surface area contributed by atoms with Gasteiger partial charge in [-0.05, 0) is 78.1 Å². The van der Waals surface area contributed by atoms with Gasteiger partial charge in [-0.3, -0.25) is 4.79 Å². The van der Waals surface area contributed by atoms with E-state index in [1.165, 1.54) is 25.7 Å². The Morgan fingerprint density at radius 1 is 1.40 bits per heavy atom. The van der Waals surface area contributed by atoms with Gasteiger partial charge in [0.25, 0.3) is 5.91 Å². The first-order valence-corrected chi connectivity index (χ1v) is 8.19. The van der Waals surface area contributed by atoms with Crippen molar-refractivity contribution < 1.29 is 4.79 Å². The summed E-state index contributed by atoms with van der Waals surface area (Å²) in [6.07, 6.45) is 5.39. The maximum atomic E-state index is 12.4. The number of halogens is 1. The lowest BCUT2D eigenvalue weighted by molar-refractivity contribution is 0.0914. The topological polar surface area (TPSA) is 55.1 Å². The van der Waals surface area contributed by atoms with Crippen molar-refractivity contribution in [1.82, 2.24) is 5.32 Å². The minimum absolute atomic E-state index is 0.0283. The Bertz CT molecular complexity index is 531. The third-order valence-corrected chi connectivity index (χ3v) is 5.72. The van der Waals surface area contributed by atoms with E-state index >= 15 is 0 Å². The summed E-state index contributed by atoms with van der Waals surface area (Å²) in [4.78, 5) is 12.4. The highest BCUT2D eigenvalue weighted by atomic mass is 79.9. The van der Waals surface area contributed by atoms with Crippen LogP contribution in [-0.4, -0.2) is 11.9 Å². The number of benzene rings is 1. The van der Waals surface area contributed by atoms with Gasteiger partial charge in [0.1, 0.15) is 0 Å². The molecular formula is C16H21BrN2O. The molecule has 3 nitrogen and oxygen atoms in total. The fraction of sp³-hybridized carbons (Fsp3) is 0.562. The molecule has 1 amide bonds. The molecule has 4 heteroatoms. The molecule has 2 aliphatic carbocycles. The molecule has 2 fully saturated rings. The van der Waals surface area contributed by atoms with Crippen molar-refractivity contribution >= 4 is 27.5 Å². The van der Waals surface area contributed by atoms with Gasteiger partial charge in [-0.25, -0.2) is 0 Å². The predicted octanol–water partition coefficient (Wildman–Crippen LogP) is 3.59. The van der Waals surface area contributed by atoms with Crippen molar-refractivity contribution in [3.8, 4) is 0 Å². The lowest BCUT2D eigenvalue weighted by atomic mass is 9.84. The molecule has 3 rings (SSSR count). The first-order valence-electron chi connectivity index (χ1n) is 7.40. The van der Waals surface area contributed by atoms with E-state index in [2.05, 4.69) is 28.2 Å². The number of nitrogen functional groups attached to an aromatic ring is 1. The molecule has 0 aliphatic heterocycles. The van der Waals surface area contributed by atoms with E-state index in [4.69, 9.17) is 5.73 Å². The number of nitrogens with two attached hydrogens (primary N) is 1. The molecule has 1 aromatic rings. The van der Waals surface area contributed by atoms with Crippen molar-refractivity contribution in [2.24, 2.45) is 17.8 Å². The van der Waals surface area contributed by atoms with Gasteiger partial charge in [0.05, 0.1) is 5.56 Å². The number of hydrogen-bond acceptors (Lipinski definition) is 2. The number of anilines is 1. The zero-order valence-electron chi connectivity index (χ0n) is 11.7. The quantitative estimate of drug-likeness (QED) is 0.828. The van der Waals surface area contributed by atoms with E-state index in [9.17, 15) is 4.79 Å². The van der Waals surface area contributed by atoms with Crippen molar-refractivity contribution in [2.75, 3.05) is 5.73 Å². The minimum Gasteiger partial charge on any atom is -0.399 e. The molecule has 2 saturated carbocycles. The molecule has 108 valence electrons. The van der Waals surface area contributed by atoms with Crippen LogP contribution in [0.4, 0.5) is 5.69 Å². The molecule has 2 bridgehead atoms. The molecule has 3 N–H and O–H groups in total. The van der Waals surface area contributed by atoms with Gasteiger partial charge in [0.2, 0.25) is 0 Å². The summed E-state index contributed by atoms with van der Waals surface area (Å²) in [5.74, 6) is 2.35. The van der Waals surface area contributed by atoms with Gasteiger partial charge in [-0.1, -0.05) is 6.42 Å². The van der Waals surface area contributed by atoms with Crippen LogP contribution >= 0.6 is 15.9 Å². The number of amides is 1. The van der Waals surface area contributed by atoms with E-state index in [1.807, 2.05) is 6.07 Å². The SMILES string of the molecule is CC(NC(=O)c1cc(N)ccc1Br)C1CC2CCC1C2. The molecule has 20 heavy (non-hydrogen) atoms. The predicted molar refractivity (Wildman–Crippen MR) is 84.4 cm³/mol. The number of rotatable bonds is 3. The fourth-order valence-corrected chi connectivity index (χ4v) is 4.44. The van der Waals surface area contributed by atoms with Crippen molar-refractivity contribution in [2.45, 2.75) is 38.6 Å². The van der Waals surface area contributed by atoms with Gasteiger partial charge in [0, 0.05) is 16.2 Å². The molecular weight excluding hydrogens is 316 g/mol. The van der Waals surface area contributed by atoms with Crippen LogP contribution in [0.25, 0.3) is 0 Å².